The predicted octanol–water partition coefficient (Wildman–Crippen LogP) is 2.52. The Morgan fingerprint density at radius 3 is 2.67 bits per heavy atom. The summed E-state index contributed by atoms with van der Waals surface area (Å²) in [5.74, 6) is 0.0323. The van der Waals surface area contributed by atoms with Gasteiger partial charge in [0.15, 0.2) is 0 Å². The van der Waals surface area contributed by atoms with Crippen LogP contribution in [0.25, 0.3) is 0 Å². The van der Waals surface area contributed by atoms with E-state index in [0.29, 0.717) is 13.0 Å². The Morgan fingerprint density at radius 1 is 1.39 bits per heavy atom. The monoisotopic (exact) mass is 268 g/mol. The molecule has 0 heterocycles. The van der Waals surface area contributed by atoms with Crippen molar-refractivity contribution in [1.29, 1.82) is 0 Å². The third kappa shape index (κ3) is 6.03. The molecule has 0 aliphatic heterocycles. The van der Waals surface area contributed by atoms with Crippen LogP contribution in [0.2, 0.25) is 5.02 Å². The maximum atomic E-state index is 11.6. The van der Waals surface area contributed by atoms with Gasteiger partial charge in [0.1, 0.15) is 0 Å². The molecule has 0 fully saturated rings. The SMILES string of the molecule is CCCC(N)CC(=O)NCCc1ccc(Cl)cc1. The maximum Gasteiger partial charge on any atom is 0.221 e. The van der Waals surface area contributed by atoms with Crippen molar-refractivity contribution >= 4 is 17.5 Å². The van der Waals surface area contributed by atoms with Crippen molar-refractivity contribution in [2.24, 2.45) is 5.73 Å². The van der Waals surface area contributed by atoms with Crippen LogP contribution in [0.1, 0.15) is 31.7 Å². The lowest BCUT2D eigenvalue weighted by Gasteiger charge is -2.10. The molecule has 18 heavy (non-hydrogen) atoms. The van der Waals surface area contributed by atoms with E-state index in [0.717, 1.165) is 29.8 Å². The highest BCUT2D eigenvalue weighted by atomic mass is 35.5. The van der Waals surface area contributed by atoms with E-state index in [1.807, 2.05) is 24.3 Å². The molecule has 1 amide bonds. The Hall–Kier alpha value is -1.06. The molecule has 3 nitrogen and oxygen atoms in total. The van der Waals surface area contributed by atoms with Crippen LogP contribution in [0.15, 0.2) is 24.3 Å². The van der Waals surface area contributed by atoms with Crippen LogP contribution < -0.4 is 11.1 Å². The summed E-state index contributed by atoms with van der Waals surface area (Å²) in [5, 5.41) is 3.61. The van der Waals surface area contributed by atoms with E-state index in [2.05, 4.69) is 12.2 Å². The summed E-state index contributed by atoms with van der Waals surface area (Å²) in [7, 11) is 0. The van der Waals surface area contributed by atoms with Gasteiger partial charge in [-0.1, -0.05) is 37.1 Å². The molecule has 0 aromatic heterocycles. The van der Waals surface area contributed by atoms with Crippen molar-refractivity contribution in [3.63, 3.8) is 0 Å². The first kappa shape index (κ1) is 15.0. The third-order valence-electron chi connectivity index (χ3n) is 2.76. The van der Waals surface area contributed by atoms with Gasteiger partial charge in [0, 0.05) is 24.0 Å². The Labute approximate surface area is 114 Å². The molecular formula is C14H21ClN2O. The summed E-state index contributed by atoms with van der Waals surface area (Å²) in [6, 6.07) is 7.63. The van der Waals surface area contributed by atoms with E-state index in [-0.39, 0.29) is 11.9 Å². The number of hydrogen-bond donors (Lipinski definition) is 2. The number of halogens is 1. The number of hydrogen-bond acceptors (Lipinski definition) is 2. The molecule has 3 N–H and O–H groups in total. The fourth-order valence-corrected chi connectivity index (χ4v) is 1.91. The van der Waals surface area contributed by atoms with Crippen LogP contribution in [0.5, 0.6) is 0 Å². The van der Waals surface area contributed by atoms with Gasteiger partial charge in [-0.2, -0.15) is 0 Å². The number of carbonyl (C=O) groups excluding carboxylic acids is 1. The van der Waals surface area contributed by atoms with Gasteiger partial charge in [-0.15, -0.1) is 0 Å². The van der Waals surface area contributed by atoms with Crippen molar-refractivity contribution < 1.29 is 4.79 Å². The number of nitrogens with one attached hydrogen (secondary N) is 1. The molecule has 1 unspecified atom stereocenters. The first-order valence-corrected chi connectivity index (χ1v) is 6.76. The molecule has 0 saturated heterocycles. The summed E-state index contributed by atoms with van der Waals surface area (Å²) < 4.78 is 0. The highest BCUT2D eigenvalue weighted by molar-refractivity contribution is 6.30. The van der Waals surface area contributed by atoms with Crippen LogP contribution in [0.4, 0.5) is 0 Å². The predicted molar refractivity (Wildman–Crippen MR) is 75.7 cm³/mol. The van der Waals surface area contributed by atoms with E-state index >= 15 is 0 Å². The molecule has 0 spiro atoms. The Morgan fingerprint density at radius 2 is 2.06 bits per heavy atom. The molecular weight excluding hydrogens is 248 g/mol. The number of nitrogens with two attached hydrogens (primary N) is 1. The summed E-state index contributed by atoms with van der Waals surface area (Å²) in [6.07, 6.45) is 3.13. The quantitative estimate of drug-likeness (QED) is 0.798. The van der Waals surface area contributed by atoms with Crippen molar-refractivity contribution in [3.8, 4) is 0 Å². The summed E-state index contributed by atoms with van der Waals surface area (Å²) in [4.78, 5) is 11.6. The number of rotatable bonds is 7. The molecule has 0 radical (unpaired) electrons. The first-order chi connectivity index (χ1) is 8.61. The largest absolute Gasteiger partial charge is 0.356 e. The number of carbonyl (C=O) groups is 1. The molecule has 0 aliphatic rings. The molecule has 1 aromatic carbocycles. The van der Waals surface area contributed by atoms with Crippen LogP contribution in [-0.2, 0) is 11.2 Å². The van der Waals surface area contributed by atoms with Gasteiger partial charge in [-0.05, 0) is 30.5 Å². The van der Waals surface area contributed by atoms with Gasteiger partial charge in [0.05, 0.1) is 0 Å². The average Bonchev–Trinajstić information content (AvgIpc) is 2.32. The second kappa shape index (κ2) is 8.11. The molecule has 1 atom stereocenters. The molecule has 0 bridgehead atoms. The second-order valence-electron chi connectivity index (χ2n) is 4.48. The van der Waals surface area contributed by atoms with E-state index in [9.17, 15) is 4.79 Å². The van der Waals surface area contributed by atoms with Crippen LogP contribution in [0, 0.1) is 0 Å². The zero-order chi connectivity index (χ0) is 13.4. The minimum Gasteiger partial charge on any atom is -0.356 e. The van der Waals surface area contributed by atoms with Crippen molar-refractivity contribution in [2.45, 2.75) is 38.6 Å². The topological polar surface area (TPSA) is 55.1 Å². The van der Waals surface area contributed by atoms with Crippen LogP contribution in [-0.4, -0.2) is 18.5 Å². The average molecular weight is 269 g/mol. The zero-order valence-corrected chi connectivity index (χ0v) is 11.5. The molecule has 1 aromatic rings. The maximum absolute atomic E-state index is 11.6. The second-order valence-corrected chi connectivity index (χ2v) is 4.92. The molecule has 1 rings (SSSR count). The Kier molecular flexibility index (Phi) is 6.76. The molecule has 0 aliphatic carbocycles. The number of amides is 1. The van der Waals surface area contributed by atoms with Crippen molar-refractivity contribution in [2.75, 3.05) is 6.54 Å². The van der Waals surface area contributed by atoms with Crippen molar-refractivity contribution in [3.05, 3.63) is 34.9 Å². The highest BCUT2D eigenvalue weighted by Gasteiger charge is 2.07. The minimum absolute atomic E-state index is 0.0227. The lowest BCUT2D eigenvalue weighted by Crippen LogP contribution is -2.32. The van der Waals surface area contributed by atoms with Crippen LogP contribution >= 0.6 is 11.6 Å². The summed E-state index contributed by atoms with van der Waals surface area (Å²) in [6.45, 7) is 2.71. The van der Waals surface area contributed by atoms with Gasteiger partial charge in [-0.25, -0.2) is 0 Å². The molecule has 0 saturated carbocycles. The third-order valence-corrected chi connectivity index (χ3v) is 3.01. The van der Waals surface area contributed by atoms with Gasteiger partial charge < -0.3 is 11.1 Å². The van der Waals surface area contributed by atoms with Gasteiger partial charge in [-0.3, -0.25) is 4.79 Å². The Bertz CT molecular complexity index is 365. The first-order valence-electron chi connectivity index (χ1n) is 6.38. The molecule has 4 heteroatoms. The van der Waals surface area contributed by atoms with E-state index in [1.54, 1.807) is 0 Å². The van der Waals surface area contributed by atoms with Gasteiger partial charge >= 0.3 is 0 Å². The minimum atomic E-state index is -0.0227. The summed E-state index contributed by atoms with van der Waals surface area (Å²) >= 11 is 5.80. The normalized spacial score (nSPS) is 12.2. The van der Waals surface area contributed by atoms with Crippen LogP contribution in [0.3, 0.4) is 0 Å². The van der Waals surface area contributed by atoms with Crippen molar-refractivity contribution in [1.82, 2.24) is 5.32 Å². The highest BCUT2D eigenvalue weighted by Crippen LogP contribution is 2.09. The van der Waals surface area contributed by atoms with Gasteiger partial charge in [0.2, 0.25) is 5.91 Å². The van der Waals surface area contributed by atoms with E-state index in [4.69, 9.17) is 17.3 Å². The van der Waals surface area contributed by atoms with E-state index < -0.39 is 0 Å². The fourth-order valence-electron chi connectivity index (χ4n) is 1.78. The Balaban J connectivity index is 2.21. The standard InChI is InChI=1S/C14H21ClN2O/c1-2-3-13(16)10-14(18)17-9-8-11-4-6-12(15)7-5-11/h4-7,13H,2-3,8-10,16H2,1H3,(H,17,18). The molecule has 100 valence electrons. The fraction of sp³-hybridized carbons (Fsp3) is 0.500. The number of benzene rings is 1. The lowest BCUT2D eigenvalue weighted by atomic mass is 10.1. The zero-order valence-electron chi connectivity index (χ0n) is 10.8. The lowest BCUT2D eigenvalue weighted by molar-refractivity contribution is -0.121. The summed E-state index contributed by atoms with van der Waals surface area (Å²) in [5.41, 5.74) is 6.97. The van der Waals surface area contributed by atoms with Gasteiger partial charge in [0.25, 0.3) is 0 Å². The smallest absolute Gasteiger partial charge is 0.221 e. The van der Waals surface area contributed by atoms with E-state index in [1.165, 1.54) is 0 Å².